The van der Waals surface area contributed by atoms with Crippen LogP contribution < -0.4 is 30.7 Å². The first-order chi connectivity index (χ1) is 26.3. The van der Waals surface area contributed by atoms with Crippen LogP contribution >= 0.6 is 0 Å². The molecule has 0 radical (unpaired) electrons. The lowest BCUT2D eigenvalue weighted by atomic mass is 9.89. The lowest BCUT2D eigenvalue weighted by Crippen LogP contribution is -2.49. The van der Waals surface area contributed by atoms with Crippen LogP contribution in [-0.4, -0.2) is 89.0 Å². The van der Waals surface area contributed by atoms with Gasteiger partial charge >= 0.3 is 6.03 Å². The molecule has 2 aromatic carbocycles. The number of H-pyrrole nitrogens is 1. The van der Waals surface area contributed by atoms with Crippen molar-refractivity contribution in [2.75, 3.05) is 61.5 Å². The van der Waals surface area contributed by atoms with Crippen LogP contribution in [0.4, 0.5) is 22.0 Å². The van der Waals surface area contributed by atoms with Gasteiger partial charge in [0.05, 0.1) is 29.8 Å². The summed E-state index contributed by atoms with van der Waals surface area (Å²) in [5, 5.41) is 17.5. The molecule has 0 bridgehead atoms. The number of methoxy groups -OCH3 is 1. The Morgan fingerprint density at radius 1 is 1.00 bits per heavy atom. The van der Waals surface area contributed by atoms with Gasteiger partial charge in [-0.3, -0.25) is 34.6 Å². The molecule has 3 aromatic heterocycles. The Labute approximate surface area is 314 Å². The van der Waals surface area contributed by atoms with Crippen LogP contribution in [0.2, 0.25) is 0 Å². The van der Waals surface area contributed by atoms with E-state index in [0.29, 0.717) is 29.3 Å². The number of amides is 4. The topological polar surface area (TPSA) is 171 Å². The molecule has 3 N–H and O–H groups in total. The van der Waals surface area contributed by atoms with E-state index < -0.39 is 6.03 Å². The number of anilines is 3. The van der Waals surface area contributed by atoms with Gasteiger partial charge in [0.1, 0.15) is 11.4 Å². The van der Waals surface area contributed by atoms with E-state index in [-0.39, 0.29) is 38.4 Å². The number of hydrogen-bond donors (Lipinski definition) is 3. The molecule has 0 spiro atoms. The second-order valence-electron chi connectivity index (χ2n) is 14.6. The third kappa shape index (κ3) is 7.53. The molecule has 2 saturated heterocycles. The van der Waals surface area contributed by atoms with Crippen molar-refractivity contribution < 1.29 is 26.5 Å². The molecule has 5 aromatic rings. The van der Waals surface area contributed by atoms with Gasteiger partial charge in [0.25, 0.3) is 11.5 Å². The molecular weight excluding hydrogens is 690 g/mol. The first kappa shape index (κ1) is 35.3. The number of pyridine rings is 1. The Morgan fingerprint density at radius 3 is 2.57 bits per heavy atom. The van der Waals surface area contributed by atoms with E-state index in [2.05, 4.69) is 41.9 Å². The number of imide groups is 1. The lowest BCUT2D eigenvalue weighted by Gasteiger charge is -2.38. The SMILES string of the molecule is COc1cc2[nH]ncc2cc1C(=O)Nc1cccn(C2CC2)c1=O.O=C1CCN(c2noc3cc(N4CCN(CC5CCCCC5)CC4)ccc23)C(=O)N1.[HH].[HH]. The summed E-state index contributed by atoms with van der Waals surface area (Å²) >= 11 is 0. The summed E-state index contributed by atoms with van der Waals surface area (Å²) in [6.07, 6.45) is 12.7. The molecule has 54 heavy (non-hydrogen) atoms. The average molecular weight is 740 g/mol. The number of aromatic nitrogens is 4. The number of piperazine rings is 1. The highest BCUT2D eigenvalue weighted by Crippen LogP contribution is 2.34. The summed E-state index contributed by atoms with van der Waals surface area (Å²) in [5.74, 6) is 1.13. The van der Waals surface area contributed by atoms with E-state index in [1.165, 1.54) is 50.7 Å². The minimum Gasteiger partial charge on any atom is -0.496 e. The highest BCUT2D eigenvalue weighted by molar-refractivity contribution is 6.09. The van der Waals surface area contributed by atoms with E-state index in [1.807, 2.05) is 12.1 Å². The molecule has 0 unspecified atom stereocenters. The van der Waals surface area contributed by atoms with Gasteiger partial charge in [0.15, 0.2) is 11.4 Å². The smallest absolute Gasteiger partial charge is 0.329 e. The Morgan fingerprint density at radius 2 is 1.81 bits per heavy atom. The van der Waals surface area contributed by atoms with Gasteiger partial charge in [-0.2, -0.15) is 5.10 Å². The van der Waals surface area contributed by atoms with Crippen molar-refractivity contribution in [2.45, 2.75) is 57.4 Å². The van der Waals surface area contributed by atoms with Crippen LogP contribution in [0.1, 0.15) is 70.6 Å². The van der Waals surface area contributed by atoms with Crippen LogP contribution in [0.15, 0.2) is 64.2 Å². The molecular formula is C39H49N9O6. The fraction of sp³-hybridized carbons (Fsp3) is 0.436. The minimum atomic E-state index is -0.445. The predicted molar refractivity (Wildman–Crippen MR) is 209 cm³/mol. The number of nitrogens with one attached hydrogen (secondary N) is 3. The van der Waals surface area contributed by atoms with E-state index in [1.54, 1.807) is 41.2 Å². The normalized spacial score (nSPS) is 18.4. The summed E-state index contributed by atoms with van der Waals surface area (Å²) < 4.78 is 12.5. The van der Waals surface area contributed by atoms with Gasteiger partial charge in [0.2, 0.25) is 5.91 Å². The molecule has 4 aliphatic rings. The number of aromatic amines is 1. The van der Waals surface area contributed by atoms with Crippen molar-refractivity contribution in [1.82, 2.24) is 30.1 Å². The van der Waals surface area contributed by atoms with Crippen molar-refractivity contribution in [1.29, 1.82) is 0 Å². The van der Waals surface area contributed by atoms with Crippen LogP contribution in [-0.2, 0) is 4.79 Å². The molecule has 0 atom stereocenters. The molecule has 9 rings (SSSR count). The maximum absolute atomic E-state index is 12.6. The van der Waals surface area contributed by atoms with Crippen molar-refractivity contribution in [3.8, 4) is 5.75 Å². The Kier molecular flexibility index (Phi) is 10.0. The molecule has 4 amide bonds. The average Bonchev–Trinajstić information content (AvgIpc) is 3.78. The summed E-state index contributed by atoms with van der Waals surface area (Å²) in [5.41, 5.74) is 3.00. The number of urea groups is 1. The van der Waals surface area contributed by atoms with Gasteiger partial charge in [0, 0.05) is 84.0 Å². The number of nitrogens with zero attached hydrogens (tertiary/aromatic N) is 6. The molecule has 5 heterocycles. The second kappa shape index (κ2) is 15.3. The van der Waals surface area contributed by atoms with Gasteiger partial charge in [-0.25, -0.2) is 4.79 Å². The molecule has 2 saturated carbocycles. The fourth-order valence-corrected chi connectivity index (χ4v) is 7.75. The first-order valence-corrected chi connectivity index (χ1v) is 18.9. The minimum absolute atomic E-state index is 0. The molecule has 286 valence electrons. The lowest BCUT2D eigenvalue weighted by molar-refractivity contribution is -0.120. The molecule has 4 fully saturated rings. The fourth-order valence-electron chi connectivity index (χ4n) is 7.75. The Balaban J connectivity index is 0.000000187. The summed E-state index contributed by atoms with van der Waals surface area (Å²) in [4.78, 5) is 55.1. The maximum Gasteiger partial charge on any atom is 0.329 e. The number of rotatable bonds is 8. The zero-order chi connectivity index (χ0) is 37.2. The van der Waals surface area contributed by atoms with Gasteiger partial charge in [-0.1, -0.05) is 24.4 Å². The third-order valence-electron chi connectivity index (χ3n) is 10.9. The quantitative estimate of drug-likeness (QED) is 0.177. The monoisotopic (exact) mass is 739 g/mol. The maximum atomic E-state index is 12.6. The van der Waals surface area contributed by atoms with Gasteiger partial charge in [-0.05, 0) is 61.9 Å². The van der Waals surface area contributed by atoms with E-state index >= 15 is 0 Å². The number of ether oxygens (including phenoxy) is 1. The van der Waals surface area contributed by atoms with Crippen LogP contribution in [0.3, 0.4) is 0 Å². The van der Waals surface area contributed by atoms with Crippen LogP contribution in [0, 0.1) is 5.92 Å². The van der Waals surface area contributed by atoms with Gasteiger partial charge in [-0.15, -0.1) is 0 Å². The zero-order valence-electron chi connectivity index (χ0n) is 30.4. The third-order valence-corrected chi connectivity index (χ3v) is 10.9. The number of carbonyl (C=O) groups excluding carboxylic acids is 3. The molecule has 2 aliphatic carbocycles. The number of carbonyl (C=O) groups is 3. The predicted octanol–water partition coefficient (Wildman–Crippen LogP) is 5.79. The van der Waals surface area contributed by atoms with Crippen molar-refractivity contribution in [3.05, 3.63) is 70.8 Å². The Hall–Kier alpha value is -5.70. The summed E-state index contributed by atoms with van der Waals surface area (Å²) in [7, 11) is 1.50. The van der Waals surface area contributed by atoms with Crippen LogP contribution in [0.5, 0.6) is 5.75 Å². The van der Waals surface area contributed by atoms with E-state index in [0.717, 1.165) is 66.9 Å². The highest BCUT2D eigenvalue weighted by Gasteiger charge is 2.29. The summed E-state index contributed by atoms with van der Waals surface area (Å²) in [6.45, 7) is 5.78. The van der Waals surface area contributed by atoms with Crippen molar-refractivity contribution in [2.24, 2.45) is 5.92 Å². The highest BCUT2D eigenvalue weighted by atomic mass is 16.5. The largest absolute Gasteiger partial charge is 0.496 e. The standard InChI is InChI=1S/C22H29N5O3.C17H16N4O3.2H2/c28-20-8-9-27(22(29)23-20)21-18-7-6-17(14-19(18)30-24-21)26-12-10-25(11-13-26)15-16-4-2-1-3-5-16;1-24-15-8-14-10(9-18-20-14)7-12(15)16(22)19-13-3-2-6-21(17(13)23)11-4-5-11;;/h6-7,14,16H,1-5,8-13,15H2,(H,23,28,29);2-3,6-9,11H,4-5H2,1H3,(H,18,20)(H,19,22);2*1H. The van der Waals surface area contributed by atoms with E-state index in [4.69, 9.17) is 9.26 Å². The number of hydrogen-bond acceptors (Lipinski definition) is 10. The van der Waals surface area contributed by atoms with Gasteiger partial charge < -0.3 is 24.0 Å². The number of fused-ring (bicyclic) bond motifs is 2. The zero-order valence-corrected chi connectivity index (χ0v) is 30.4. The van der Waals surface area contributed by atoms with Crippen molar-refractivity contribution >= 4 is 56.9 Å². The second-order valence-corrected chi connectivity index (χ2v) is 14.6. The molecule has 15 heteroatoms. The molecule has 2 aliphatic heterocycles. The Bertz CT molecular complexity index is 2240. The molecule has 15 nitrogen and oxygen atoms in total. The van der Waals surface area contributed by atoms with Crippen LogP contribution in [0.25, 0.3) is 21.9 Å². The first-order valence-electron chi connectivity index (χ1n) is 18.9. The van der Waals surface area contributed by atoms with Crippen molar-refractivity contribution in [3.63, 3.8) is 0 Å². The summed E-state index contributed by atoms with van der Waals surface area (Å²) in [6, 6.07) is 12.6. The number of benzene rings is 2. The van der Waals surface area contributed by atoms with E-state index in [9.17, 15) is 19.2 Å².